The third-order valence-electron chi connectivity index (χ3n) is 7.05. The summed E-state index contributed by atoms with van der Waals surface area (Å²) in [5.41, 5.74) is -0.164. The first-order chi connectivity index (χ1) is 22.7. The quantitative estimate of drug-likeness (QED) is 0.147. The maximum absolute atomic E-state index is 13.2. The van der Waals surface area contributed by atoms with E-state index in [-0.39, 0.29) is 11.6 Å². The van der Waals surface area contributed by atoms with Gasteiger partial charge in [-0.2, -0.15) is 13.2 Å². The lowest BCUT2D eigenvalue weighted by Gasteiger charge is -2.26. The minimum absolute atomic E-state index is 0.0671. The van der Waals surface area contributed by atoms with E-state index < -0.39 is 22.8 Å². The molecular formula is C32H33ClF3N5O6. The number of ether oxygens (including phenoxy) is 5. The second-order valence-corrected chi connectivity index (χ2v) is 10.8. The number of morpholine rings is 1. The molecule has 2 N–H and O–H groups in total. The Bertz CT molecular complexity index is 1660. The van der Waals surface area contributed by atoms with Gasteiger partial charge in [-0.3, -0.25) is 4.90 Å². The highest BCUT2D eigenvalue weighted by Crippen LogP contribution is 2.37. The molecule has 15 heteroatoms. The Morgan fingerprint density at radius 2 is 1.64 bits per heavy atom. The van der Waals surface area contributed by atoms with E-state index in [1.807, 2.05) is 0 Å². The summed E-state index contributed by atoms with van der Waals surface area (Å²) in [6.07, 6.45) is -2.47. The molecule has 250 valence electrons. The van der Waals surface area contributed by atoms with Gasteiger partial charge in [0.25, 0.3) is 0 Å². The molecule has 0 saturated carbocycles. The molecule has 47 heavy (non-hydrogen) atoms. The fourth-order valence-corrected chi connectivity index (χ4v) is 4.93. The Balaban J connectivity index is 1.25. The van der Waals surface area contributed by atoms with Gasteiger partial charge in [-0.25, -0.2) is 14.8 Å². The smallest absolute Gasteiger partial charge is 0.417 e. The number of urea groups is 1. The summed E-state index contributed by atoms with van der Waals surface area (Å²) in [6, 6.07) is 12.3. The van der Waals surface area contributed by atoms with Crippen molar-refractivity contribution >= 4 is 39.9 Å². The monoisotopic (exact) mass is 675 g/mol. The average Bonchev–Trinajstić information content (AvgIpc) is 3.05. The van der Waals surface area contributed by atoms with Crippen molar-refractivity contribution in [3.8, 4) is 23.1 Å². The van der Waals surface area contributed by atoms with E-state index in [1.54, 1.807) is 43.5 Å². The van der Waals surface area contributed by atoms with Crippen LogP contribution in [0.15, 0.2) is 60.9 Å². The molecule has 0 spiro atoms. The van der Waals surface area contributed by atoms with E-state index in [0.717, 1.165) is 51.4 Å². The van der Waals surface area contributed by atoms with E-state index >= 15 is 0 Å². The first kappa shape index (κ1) is 34.0. The predicted molar refractivity (Wildman–Crippen MR) is 170 cm³/mol. The lowest BCUT2D eigenvalue weighted by atomic mass is 10.2. The van der Waals surface area contributed by atoms with Gasteiger partial charge in [0.2, 0.25) is 5.88 Å². The molecule has 0 aliphatic carbocycles. The number of amides is 2. The maximum atomic E-state index is 13.2. The molecule has 1 fully saturated rings. The molecule has 0 unspecified atom stereocenters. The van der Waals surface area contributed by atoms with Crippen LogP contribution in [0.5, 0.6) is 23.1 Å². The van der Waals surface area contributed by atoms with Crippen LogP contribution in [-0.2, 0) is 15.7 Å². The van der Waals surface area contributed by atoms with Crippen LogP contribution >= 0.6 is 11.6 Å². The average molecular weight is 676 g/mol. The van der Waals surface area contributed by atoms with Crippen molar-refractivity contribution in [3.05, 3.63) is 71.5 Å². The number of hydrogen-bond donors (Lipinski definition) is 2. The van der Waals surface area contributed by atoms with Gasteiger partial charge in [0, 0.05) is 44.2 Å². The van der Waals surface area contributed by atoms with Crippen LogP contribution in [0.1, 0.15) is 12.0 Å². The number of nitrogens with one attached hydrogen (secondary N) is 2. The number of carbonyl (C=O) groups excluding carboxylic acids is 1. The van der Waals surface area contributed by atoms with Gasteiger partial charge in [0.1, 0.15) is 18.7 Å². The molecular weight excluding hydrogens is 643 g/mol. The third kappa shape index (κ3) is 9.58. The van der Waals surface area contributed by atoms with Gasteiger partial charge in [-0.15, -0.1) is 0 Å². The molecule has 0 radical (unpaired) electrons. The number of aromatic nitrogens is 2. The number of methoxy groups -OCH3 is 1. The fourth-order valence-electron chi connectivity index (χ4n) is 4.71. The number of benzene rings is 3. The summed E-state index contributed by atoms with van der Waals surface area (Å²) in [7, 11) is 1.60. The zero-order valence-electron chi connectivity index (χ0n) is 25.4. The van der Waals surface area contributed by atoms with Gasteiger partial charge >= 0.3 is 12.2 Å². The van der Waals surface area contributed by atoms with E-state index in [9.17, 15) is 18.0 Å². The van der Waals surface area contributed by atoms with Crippen molar-refractivity contribution in [2.75, 3.05) is 70.4 Å². The molecule has 4 aromatic rings. The van der Waals surface area contributed by atoms with Gasteiger partial charge in [-0.1, -0.05) is 11.6 Å². The Morgan fingerprint density at radius 1 is 0.936 bits per heavy atom. The predicted octanol–water partition coefficient (Wildman–Crippen LogP) is 6.86. The second kappa shape index (κ2) is 16.0. The van der Waals surface area contributed by atoms with Crippen LogP contribution in [0.4, 0.5) is 29.3 Å². The molecule has 0 bridgehead atoms. The lowest BCUT2D eigenvalue weighted by molar-refractivity contribution is -0.137. The first-order valence-corrected chi connectivity index (χ1v) is 15.1. The SMILES string of the molecule is COCCOc1cc2ncnc(Oc3ccc(NC(=O)Nc4ccc(Cl)c(C(F)(F)F)c4)cc3)c2cc1OCCCN1CCOCC1. The van der Waals surface area contributed by atoms with Gasteiger partial charge < -0.3 is 34.3 Å². The van der Waals surface area contributed by atoms with E-state index in [2.05, 4.69) is 25.5 Å². The van der Waals surface area contributed by atoms with Crippen molar-refractivity contribution < 1.29 is 41.7 Å². The molecule has 2 amide bonds. The summed E-state index contributed by atoms with van der Waals surface area (Å²) in [5.74, 6) is 1.73. The molecule has 2 heterocycles. The Hall–Kier alpha value is -4.37. The van der Waals surface area contributed by atoms with Gasteiger partial charge in [-0.05, 0) is 55.0 Å². The summed E-state index contributed by atoms with van der Waals surface area (Å²) < 4.78 is 68.2. The highest BCUT2D eigenvalue weighted by atomic mass is 35.5. The summed E-state index contributed by atoms with van der Waals surface area (Å²) in [5, 5.41) is 5.07. The minimum Gasteiger partial charge on any atom is -0.490 e. The Kier molecular flexibility index (Phi) is 11.5. The molecule has 0 atom stereocenters. The third-order valence-corrected chi connectivity index (χ3v) is 7.38. The van der Waals surface area contributed by atoms with Crippen LogP contribution in [0.2, 0.25) is 5.02 Å². The standard InChI is InChI=1S/C32H33ClF3N5O6/c1-43-15-16-46-29-19-27-24(18-28(29)45-12-2-9-41-10-13-44-14-11-41)30(38-20-37-27)47-23-6-3-21(4-7-23)39-31(42)40-22-5-8-26(33)25(17-22)32(34,35)36/h3-8,17-20H,2,9-16H2,1H3,(H2,39,40,42). The minimum atomic E-state index is -4.66. The number of anilines is 2. The number of hydrogen-bond acceptors (Lipinski definition) is 9. The molecule has 3 aromatic carbocycles. The normalized spacial score (nSPS) is 13.7. The zero-order chi connectivity index (χ0) is 33.2. The van der Waals surface area contributed by atoms with E-state index in [1.165, 1.54) is 12.4 Å². The second-order valence-electron chi connectivity index (χ2n) is 10.4. The van der Waals surface area contributed by atoms with Gasteiger partial charge in [0.15, 0.2) is 11.5 Å². The number of halogens is 4. The van der Waals surface area contributed by atoms with Gasteiger partial charge in [0.05, 0.1) is 47.9 Å². The van der Waals surface area contributed by atoms with E-state index in [4.69, 9.17) is 35.3 Å². The molecule has 5 rings (SSSR count). The van der Waals surface area contributed by atoms with Crippen molar-refractivity contribution in [2.45, 2.75) is 12.6 Å². The molecule has 11 nitrogen and oxygen atoms in total. The number of alkyl halides is 3. The molecule has 1 saturated heterocycles. The number of rotatable bonds is 13. The van der Waals surface area contributed by atoms with Crippen molar-refractivity contribution in [1.29, 1.82) is 0 Å². The highest BCUT2D eigenvalue weighted by Gasteiger charge is 2.33. The zero-order valence-corrected chi connectivity index (χ0v) is 26.2. The summed E-state index contributed by atoms with van der Waals surface area (Å²) in [6.45, 7) is 5.36. The van der Waals surface area contributed by atoms with Crippen LogP contribution in [0.3, 0.4) is 0 Å². The lowest BCUT2D eigenvalue weighted by Crippen LogP contribution is -2.37. The van der Waals surface area contributed by atoms with Crippen molar-refractivity contribution in [2.24, 2.45) is 0 Å². The number of carbonyl (C=O) groups is 1. The Labute approximate surface area is 273 Å². The molecule has 1 aliphatic heterocycles. The topological polar surface area (TPSA) is 116 Å². The molecule has 1 aliphatic rings. The van der Waals surface area contributed by atoms with Crippen molar-refractivity contribution in [3.63, 3.8) is 0 Å². The molecule has 1 aromatic heterocycles. The van der Waals surface area contributed by atoms with Crippen LogP contribution in [-0.4, -0.2) is 80.7 Å². The van der Waals surface area contributed by atoms with E-state index in [0.29, 0.717) is 53.7 Å². The number of fused-ring (bicyclic) bond motifs is 1. The van der Waals surface area contributed by atoms with Crippen LogP contribution in [0, 0.1) is 0 Å². The maximum Gasteiger partial charge on any atom is 0.417 e. The first-order valence-electron chi connectivity index (χ1n) is 14.8. The largest absolute Gasteiger partial charge is 0.490 e. The van der Waals surface area contributed by atoms with Crippen LogP contribution in [0.25, 0.3) is 10.9 Å². The fraction of sp³-hybridized carbons (Fsp3) is 0.344. The van der Waals surface area contributed by atoms with Crippen LogP contribution < -0.4 is 24.8 Å². The van der Waals surface area contributed by atoms with Crippen molar-refractivity contribution in [1.82, 2.24) is 14.9 Å². The number of nitrogens with zero attached hydrogens (tertiary/aromatic N) is 3. The summed E-state index contributed by atoms with van der Waals surface area (Å²) in [4.78, 5) is 23.5. The highest BCUT2D eigenvalue weighted by molar-refractivity contribution is 6.31. The summed E-state index contributed by atoms with van der Waals surface area (Å²) >= 11 is 5.65. The Morgan fingerprint density at radius 3 is 2.38 bits per heavy atom.